The first-order chi connectivity index (χ1) is 8.96. The van der Waals surface area contributed by atoms with Gasteiger partial charge in [0.05, 0.1) is 5.92 Å². The van der Waals surface area contributed by atoms with Crippen LogP contribution < -0.4 is 10.8 Å². The molecular weight excluding hydrogens is 261 g/mol. The van der Waals surface area contributed by atoms with Crippen molar-refractivity contribution in [2.24, 2.45) is 5.92 Å². The first-order valence-corrected chi connectivity index (χ1v) is 5.76. The van der Waals surface area contributed by atoms with Crippen molar-refractivity contribution in [3.63, 3.8) is 0 Å². The first kappa shape index (κ1) is 13.7. The molecule has 1 amide bonds. The predicted molar refractivity (Wildman–Crippen MR) is 62.3 cm³/mol. The summed E-state index contributed by atoms with van der Waals surface area (Å²) in [5.74, 6) is -0.991. The van der Waals surface area contributed by atoms with Crippen molar-refractivity contribution < 1.29 is 22.8 Å². The van der Waals surface area contributed by atoms with Gasteiger partial charge < -0.3 is 5.32 Å². The summed E-state index contributed by atoms with van der Waals surface area (Å²) in [6, 6.07) is 7.49. The molecule has 1 aliphatic heterocycles. The number of rotatable bonds is 3. The zero-order chi connectivity index (χ0) is 13.9. The second-order valence-electron chi connectivity index (χ2n) is 4.31. The lowest BCUT2D eigenvalue weighted by Gasteiger charge is -2.25. The van der Waals surface area contributed by atoms with Gasteiger partial charge in [-0.1, -0.05) is 18.2 Å². The highest BCUT2D eigenvalue weighted by Crippen LogP contribution is 2.24. The third kappa shape index (κ3) is 3.85. The molecule has 7 heteroatoms. The maximum atomic E-state index is 11.9. The molecule has 4 nitrogen and oxygen atoms in total. The fraction of sp³-hybridized carbons (Fsp3) is 0.417. The van der Waals surface area contributed by atoms with Gasteiger partial charge in [0, 0.05) is 12.2 Å². The van der Waals surface area contributed by atoms with Gasteiger partial charge in [0.25, 0.3) is 0 Å². The highest BCUT2D eigenvalue weighted by atomic mass is 19.4. The van der Waals surface area contributed by atoms with Crippen LogP contribution >= 0.6 is 0 Å². The van der Waals surface area contributed by atoms with E-state index in [1.165, 1.54) is 0 Å². The van der Waals surface area contributed by atoms with Crippen LogP contribution in [-0.2, 0) is 16.1 Å². The molecule has 0 spiro atoms. The summed E-state index contributed by atoms with van der Waals surface area (Å²) in [4.78, 5) is 15.8. The number of nitrogens with one attached hydrogen (secondary N) is 2. The first-order valence-electron chi connectivity index (χ1n) is 5.76. The monoisotopic (exact) mass is 274 g/mol. The number of hydrogen-bond acceptors (Lipinski definition) is 3. The van der Waals surface area contributed by atoms with Gasteiger partial charge >= 0.3 is 6.18 Å². The van der Waals surface area contributed by atoms with Crippen LogP contribution in [0, 0.1) is 5.92 Å². The molecule has 1 aliphatic rings. The van der Waals surface area contributed by atoms with Crippen molar-refractivity contribution in [3.8, 4) is 0 Å². The van der Waals surface area contributed by atoms with Crippen molar-refractivity contribution in [2.45, 2.75) is 12.6 Å². The number of halogens is 3. The predicted octanol–water partition coefficient (Wildman–Crippen LogP) is 1.88. The lowest BCUT2D eigenvalue weighted by Crippen LogP contribution is -2.39. The van der Waals surface area contributed by atoms with Gasteiger partial charge in [-0.2, -0.15) is 13.2 Å². The Bertz CT molecular complexity index is 463. The number of carbonyl (C=O) groups excluding carboxylic acids is 1. The summed E-state index contributed by atoms with van der Waals surface area (Å²) in [7, 11) is 0. The number of fused-ring (bicyclic) bond motifs is 1. The lowest BCUT2D eigenvalue weighted by atomic mass is 9.93. The normalized spacial score (nSPS) is 18.4. The van der Waals surface area contributed by atoms with E-state index >= 15 is 0 Å². The fourth-order valence-corrected chi connectivity index (χ4v) is 1.90. The van der Waals surface area contributed by atoms with Crippen LogP contribution in [0.1, 0.15) is 5.56 Å². The Hall–Kier alpha value is -1.76. The second kappa shape index (κ2) is 5.48. The third-order valence-electron chi connectivity index (χ3n) is 2.80. The van der Waals surface area contributed by atoms with Gasteiger partial charge in [-0.15, -0.1) is 0 Å². The molecule has 0 fully saturated rings. The van der Waals surface area contributed by atoms with Gasteiger partial charge in [0.2, 0.25) is 5.91 Å². The molecule has 2 rings (SSSR count). The van der Waals surface area contributed by atoms with Crippen molar-refractivity contribution in [1.82, 2.24) is 5.48 Å². The molecule has 104 valence electrons. The maximum absolute atomic E-state index is 11.9. The van der Waals surface area contributed by atoms with Crippen LogP contribution in [-0.4, -0.2) is 25.2 Å². The summed E-state index contributed by atoms with van der Waals surface area (Å²) in [5.41, 5.74) is 3.75. The standard InChI is InChI=1S/C12H13F3N2O2/c13-12(14,15)7-19-17-11(18)9-5-8-3-1-2-4-10(8)16-6-9/h1-4,9,16H,5-7H2,(H,17,18). The summed E-state index contributed by atoms with van der Waals surface area (Å²) in [6.07, 6.45) is -3.98. The summed E-state index contributed by atoms with van der Waals surface area (Å²) >= 11 is 0. The second-order valence-corrected chi connectivity index (χ2v) is 4.31. The molecule has 1 atom stereocenters. The molecule has 0 saturated carbocycles. The van der Waals surface area contributed by atoms with Crippen LogP contribution in [0.4, 0.5) is 18.9 Å². The molecule has 19 heavy (non-hydrogen) atoms. The smallest absolute Gasteiger partial charge is 0.384 e. The van der Waals surface area contributed by atoms with E-state index < -0.39 is 24.6 Å². The highest BCUT2D eigenvalue weighted by molar-refractivity contribution is 5.79. The number of amides is 1. The van der Waals surface area contributed by atoms with E-state index in [9.17, 15) is 18.0 Å². The number of benzene rings is 1. The van der Waals surface area contributed by atoms with Crippen molar-refractivity contribution in [2.75, 3.05) is 18.5 Å². The number of hydroxylamine groups is 1. The number of hydrogen-bond donors (Lipinski definition) is 2. The Labute approximate surface area is 107 Å². The SMILES string of the molecule is O=C(NOCC(F)(F)F)C1CNc2ccccc2C1. The van der Waals surface area contributed by atoms with Gasteiger partial charge in [-0.05, 0) is 18.1 Å². The number of anilines is 1. The van der Waals surface area contributed by atoms with E-state index in [1.54, 1.807) is 0 Å². The third-order valence-corrected chi connectivity index (χ3v) is 2.80. The minimum Gasteiger partial charge on any atom is -0.384 e. The molecule has 0 aromatic heterocycles. The largest absolute Gasteiger partial charge is 0.414 e. The Kier molecular flexibility index (Phi) is 3.94. The molecule has 1 aromatic carbocycles. The van der Waals surface area contributed by atoms with Crippen molar-refractivity contribution in [1.29, 1.82) is 0 Å². The Morgan fingerprint density at radius 1 is 1.42 bits per heavy atom. The molecule has 0 radical (unpaired) electrons. The molecule has 0 aliphatic carbocycles. The molecule has 1 aromatic rings. The lowest BCUT2D eigenvalue weighted by molar-refractivity contribution is -0.192. The average molecular weight is 274 g/mol. The van der Waals surface area contributed by atoms with E-state index in [0.717, 1.165) is 11.3 Å². The van der Waals surface area contributed by atoms with E-state index in [0.29, 0.717) is 13.0 Å². The minimum absolute atomic E-state index is 0.373. The highest BCUT2D eigenvalue weighted by Gasteiger charge is 2.29. The van der Waals surface area contributed by atoms with Gasteiger partial charge in [-0.25, -0.2) is 5.48 Å². The fourth-order valence-electron chi connectivity index (χ4n) is 1.90. The summed E-state index contributed by atoms with van der Waals surface area (Å²) in [5, 5.41) is 3.06. The maximum Gasteiger partial charge on any atom is 0.414 e. The van der Waals surface area contributed by atoms with E-state index in [1.807, 2.05) is 29.7 Å². The number of carbonyl (C=O) groups is 1. The minimum atomic E-state index is -4.45. The average Bonchev–Trinajstić information content (AvgIpc) is 2.36. The van der Waals surface area contributed by atoms with Gasteiger partial charge in [0.1, 0.15) is 0 Å². The molecule has 1 unspecified atom stereocenters. The topological polar surface area (TPSA) is 50.4 Å². The Morgan fingerprint density at radius 3 is 2.89 bits per heavy atom. The number of para-hydroxylation sites is 1. The molecule has 2 N–H and O–H groups in total. The molecule has 1 heterocycles. The quantitative estimate of drug-likeness (QED) is 0.827. The summed E-state index contributed by atoms with van der Waals surface area (Å²) in [6.45, 7) is -1.12. The molecule has 0 bridgehead atoms. The summed E-state index contributed by atoms with van der Waals surface area (Å²) < 4.78 is 35.6. The van der Waals surface area contributed by atoms with Gasteiger partial charge in [0.15, 0.2) is 6.61 Å². The van der Waals surface area contributed by atoms with Crippen LogP contribution in [0.2, 0.25) is 0 Å². The van der Waals surface area contributed by atoms with Crippen molar-refractivity contribution in [3.05, 3.63) is 29.8 Å². The van der Waals surface area contributed by atoms with Crippen LogP contribution in [0.15, 0.2) is 24.3 Å². The zero-order valence-corrected chi connectivity index (χ0v) is 9.96. The van der Waals surface area contributed by atoms with E-state index in [2.05, 4.69) is 10.2 Å². The van der Waals surface area contributed by atoms with E-state index in [-0.39, 0.29) is 0 Å². The van der Waals surface area contributed by atoms with Crippen LogP contribution in [0.3, 0.4) is 0 Å². The molecule has 0 saturated heterocycles. The number of alkyl halides is 3. The zero-order valence-electron chi connectivity index (χ0n) is 9.96. The van der Waals surface area contributed by atoms with Crippen LogP contribution in [0.25, 0.3) is 0 Å². The Balaban J connectivity index is 1.85. The Morgan fingerprint density at radius 2 is 2.16 bits per heavy atom. The van der Waals surface area contributed by atoms with Crippen LogP contribution in [0.5, 0.6) is 0 Å². The van der Waals surface area contributed by atoms with E-state index in [4.69, 9.17) is 0 Å². The molecular formula is C12H13F3N2O2. The van der Waals surface area contributed by atoms with Gasteiger partial charge in [-0.3, -0.25) is 9.63 Å². The van der Waals surface area contributed by atoms with Crippen molar-refractivity contribution >= 4 is 11.6 Å².